The summed E-state index contributed by atoms with van der Waals surface area (Å²) in [7, 11) is 0. The zero-order valence-corrected chi connectivity index (χ0v) is 18.0. The molecule has 4 rings (SSSR count). The highest BCUT2D eigenvalue weighted by molar-refractivity contribution is 7.79. The van der Waals surface area contributed by atoms with Gasteiger partial charge in [0, 0.05) is 23.3 Å². The lowest BCUT2D eigenvalue weighted by Gasteiger charge is -2.38. The van der Waals surface area contributed by atoms with Crippen LogP contribution in [0.25, 0.3) is 0 Å². The molecule has 2 N–H and O–H groups in total. The Balaban J connectivity index is 0.000000271. The molecule has 0 radical (unpaired) electrons. The first-order valence-electron chi connectivity index (χ1n) is 10.9. The Hall–Kier alpha value is -0.870. The number of alkyl halides is 2. The van der Waals surface area contributed by atoms with E-state index in [0.717, 1.165) is 25.7 Å². The Morgan fingerprint density at radius 3 is 2.50 bits per heavy atom. The maximum atomic E-state index is 12.6. The third kappa shape index (κ3) is 5.18. The minimum Gasteiger partial charge on any atom is -0.328 e. The van der Waals surface area contributed by atoms with Crippen molar-refractivity contribution in [3.05, 3.63) is 35.5 Å². The lowest BCUT2D eigenvalue weighted by molar-refractivity contribution is 0.136. The Morgan fingerprint density at radius 1 is 1.21 bits per heavy atom. The van der Waals surface area contributed by atoms with Crippen LogP contribution in [-0.2, 0) is 0 Å². The van der Waals surface area contributed by atoms with Gasteiger partial charge in [-0.15, -0.1) is 0 Å². The van der Waals surface area contributed by atoms with Gasteiger partial charge in [0.15, 0.2) is 0 Å². The van der Waals surface area contributed by atoms with Crippen molar-refractivity contribution in [1.82, 2.24) is 0 Å². The highest BCUT2D eigenvalue weighted by Gasteiger charge is 2.59. The van der Waals surface area contributed by atoms with Crippen molar-refractivity contribution in [3.8, 4) is 0 Å². The number of hydrogen-bond acceptors (Lipinski definition) is 2. The van der Waals surface area contributed by atoms with Crippen LogP contribution in [0.5, 0.6) is 0 Å². The van der Waals surface area contributed by atoms with Crippen LogP contribution in [0.3, 0.4) is 0 Å². The Bertz CT molecular complexity index is 647. The second-order valence-electron chi connectivity index (χ2n) is 9.52. The minimum atomic E-state index is -2.20. The summed E-state index contributed by atoms with van der Waals surface area (Å²) in [4.78, 5) is 0. The molecule has 0 heterocycles. The van der Waals surface area contributed by atoms with Gasteiger partial charge in [0.25, 0.3) is 0 Å². The van der Waals surface area contributed by atoms with Crippen molar-refractivity contribution in [2.45, 2.75) is 90.0 Å². The molecule has 0 aliphatic heterocycles. The quantitative estimate of drug-likeness (QED) is 0.395. The van der Waals surface area contributed by atoms with Gasteiger partial charge in [0.2, 0.25) is 6.43 Å². The summed E-state index contributed by atoms with van der Waals surface area (Å²) >= 11 is 5.27. The van der Waals surface area contributed by atoms with E-state index in [1.807, 2.05) is 5.37 Å². The molecule has 0 saturated heterocycles. The minimum absolute atomic E-state index is 0.0111. The van der Waals surface area contributed by atoms with Gasteiger partial charge in [-0.3, -0.25) is 0 Å². The predicted octanol–water partition coefficient (Wildman–Crippen LogP) is 6.93. The Morgan fingerprint density at radius 2 is 1.96 bits per heavy atom. The van der Waals surface area contributed by atoms with Crippen molar-refractivity contribution >= 4 is 17.6 Å². The van der Waals surface area contributed by atoms with Crippen molar-refractivity contribution < 1.29 is 8.78 Å². The van der Waals surface area contributed by atoms with E-state index in [1.54, 1.807) is 0 Å². The Kier molecular flexibility index (Phi) is 7.25. The first kappa shape index (κ1) is 21.8. The second-order valence-corrected chi connectivity index (χ2v) is 9.76. The standard InChI is InChI=1S/C18H22F2S.C6H13N/c1-17(12-21)9-13(7-8-16(19)20)15-10-18(15,11-17)14-5-3-2-4-6-14;7-6-4-2-1-3-5-6/h2-5,12,14,16H,6-11H2,1H3;6H,1-5,7H2. The third-order valence-corrected chi connectivity index (χ3v) is 7.59. The SMILES string of the molecule is CC1(C=S)CC(CCC(F)F)=C2CC2(C2C=CC=CC2)C1.NC1CCCCC1. The first-order chi connectivity index (χ1) is 13.4. The molecule has 156 valence electrons. The van der Waals surface area contributed by atoms with Crippen LogP contribution in [0.15, 0.2) is 35.5 Å². The molecule has 3 atom stereocenters. The Labute approximate surface area is 174 Å². The lowest BCUT2D eigenvalue weighted by Crippen LogP contribution is -2.31. The zero-order valence-electron chi connectivity index (χ0n) is 17.1. The van der Waals surface area contributed by atoms with Gasteiger partial charge in [-0.05, 0) is 56.2 Å². The monoisotopic (exact) mass is 407 g/mol. The van der Waals surface area contributed by atoms with E-state index in [1.165, 1.54) is 43.3 Å². The van der Waals surface area contributed by atoms with Crippen molar-refractivity contribution in [1.29, 1.82) is 0 Å². The highest BCUT2D eigenvalue weighted by atomic mass is 32.1. The summed E-state index contributed by atoms with van der Waals surface area (Å²) in [6.07, 6.45) is 17.8. The lowest BCUT2D eigenvalue weighted by atomic mass is 9.66. The van der Waals surface area contributed by atoms with Gasteiger partial charge in [-0.1, -0.05) is 73.9 Å². The molecular weight excluding hydrogens is 372 g/mol. The smallest absolute Gasteiger partial charge is 0.238 e. The number of rotatable bonds is 5. The average molecular weight is 408 g/mol. The maximum absolute atomic E-state index is 12.6. The molecule has 4 aliphatic carbocycles. The number of thiocarbonyl (C=S) groups is 1. The second kappa shape index (κ2) is 9.30. The normalized spacial score (nSPS) is 34.7. The van der Waals surface area contributed by atoms with E-state index in [-0.39, 0.29) is 17.3 Å². The van der Waals surface area contributed by atoms with Gasteiger partial charge in [-0.2, -0.15) is 0 Å². The zero-order chi connectivity index (χ0) is 20.2. The molecule has 0 spiro atoms. The third-order valence-electron chi connectivity index (χ3n) is 7.02. The average Bonchev–Trinajstić information content (AvgIpc) is 3.43. The molecule has 0 bridgehead atoms. The number of fused-ring (bicyclic) bond motifs is 1. The van der Waals surface area contributed by atoms with E-state index < -0.39 is 6.43 Å². The van der Waals surface area contributed by atoms with E-state index in [2.05, 4.69) is 31.2 Å². The molecule has 4 aliphatic rings. The van der Waals surface area contributed by atoms with Crippen LogP contribution < -0.4 is 5.73 Å². The van der Waals surface area contributed by atoms with E-state index in [9.17, 15) is 8.78 Å². The van der Waals surface area contributed by atoms with Gasteiger partial charge >= 0.3 is 0 Å². The molecule has 2 fully saturated rings. The predicted molar refractivity (Wildman–Crippen MR) is 118 cm³/mol. The van der Waals surface area contributed by atoms with E-state index in [4.69, 9.17) is 18.0 Å². The van der Waals surface area contributed by atoms with Crippen LogP contribution >= 0.6 is 12.2 Å². The summed E-state index contributed by atoms with van der Waals surface area (Å²) < 4.78 is 25.2. The number of nitrogens with two attached hydrogens (primary N) is 1. The summed E-state index contributed by atoms with van der Waals surface area (Å²) in [5.74, 6) is 0.522. The van der Waals surface area contributed by atoms with Gasteiger partial charge < -0.3 is 5.73 Å². The summed E-state index contributed by atoms with van der Waals surface area (Å²) in [5, 5.41) is 1.88. The number of allylic oxidation sites excluding steroid dienone is 6. The van der Waals surface area contributed by atoms with Crippen LogP contribution in [0.1, 0.15) is 77.6 Å². The molecule has 28 heavy (non-hydrogen) atoms. The van der Waals surface area contributed by atoms with E-state index >= 15 is 0 Å². The largest absolute Gasteiger partial charge is 0.328 e. The molecule has 3 unspecified atom stereocenters. The van der Waals surface area contributed by atoms with Crippen LogP contribution in [0.2, 0.25) is 0 Å². The van der Waals surface area contributed by atoms with Crippen LogP contribution in [0.4, 0.5) is 8.78 Å². The molecular formula is C24H35F2NS. The van der Waals surface area contributed by atoms with Crippen molar-refractivity contribution in [2.75, 3.05) is 0 Å². The molecule has 0 aromatic rings. The molecule has 4 heteroatoms. The molecule has 2 saturated carbocycles. The topological polar surface area (TPSA) is 26.0 Å². The fraction of sp³-hybridized carbons (Fsp3) is 0.708. The number of hydrogen-bond donors (Lipinski definition) is 1. The number of halogens is 2. The van der Waals surface area contributed by atoms with Gasteiger partial charge in [0.05, 0.1) is 0 Å². The fourth-order valence-electron chi connectivity index (χ4n) is 5.51. The maximum Gasteiger partial charge on any atom is 0.238 e. The highest BCUT2D eigenvalue weighted by Crippen LogP contribution is 2.69. The summed E-state index contributed by atoms with van der Waals surface area (Å²) in [6.45, 7) is 2.20. The van der Waals surface area contributed by atoms with E-state index in [0.29, 0.717) is 18.4 Å². The van der Waals surface area contributed by atoms with Gasteiger partial charge in [0.1, 0.15) is 0 Å². The van der Waals surface area contributed by atoms with Crippen molar-refractivity contribution in [2.24, 2.45) is 22.5 Å². The summed E-state index contributed by atoms with van der Waals surface area (Å²) in [6, 6.07) is 0.536. The fourth-order valence-corrected chi connectivity index (χ4v) is 5.68. The van der Waals surface area contributed by atoms with Gasteiger partial charge in [-0.25, -0.2) is 8.78 Å². The molecule has 0 amide bonds. The molecule has 0 aromatic heterocycles. The van der Waals surface area contributed by atoms with Crippen LogP contribution in [-0.4, -0.2) is 17.8 Å². The molecule has 1 nitrogen and oxygen atoms in total. The first-order valence-corrected chi connectivity index (χ1v) is 11.4. The van der Waals surface area contributed by atoms with Crippen LogP contribution in [0, 0.1) is 16.7 Å². The molecule has 0 aromatic carbocycles. The van der Waals surface area contributed by atoms with Crippen molar-refractivity contribution in [3.63, 3.8) is 0 Å². The summed E-state index contributed by atoms with van der Waals surface area (Å²) in [5.41, 5.74) is 8.58.